The van der Waals surface area contributed by atoms with Crippen LogP contribution in [0.25, 0.3) is 0 Å². The van der Waals surface area contributed by atoms with Gasteiger partial charge in [0.15, 0.2) is 0 Å². The maximum Gasteiger partial charge on any atom is 0.248 e. The van der Waals surface area contributed by atoms with E-state index in [9.17, 15) is 9.59 Å². The van der Waals surface area contributed by atoms with Crippen LogP contribution in [-0.4, -0.2) is 29.8 Å². The van der Waals surface area contributed by atoms with Crippen LogP contribution in [0.5, 0.6) is 0 Å². The zero-order valence-corrected chi connectivity index (χ0v) is 12.3. The molecule has 5 nitrogen and oxygen atoms in total. The monoisotopic (exact) mass is 277 g/mol. The van der Waals surface area contributed by atoms with Gasteiger partial charge in [0.2, 0.25) is 11.8 Å². The number of nitrogens with zero attached hydrogens (tertiary/aromatic N) is 1. The second-order valence-electron chi connectivity index (χ2n) is 5.49. The van der Waals surface area contributed by atoms with E-state index in [-0.39, 0.29) is 5.91 Å². The van der Waals surface area contributed by atoms with Crippen LogP contribution in [0, 0.1) is 5.92 Å². The SMILES string of the molecule is CC(C)C[C@H](N)C(=O)N(C)Cc1ccc(C(N)=O)cc1. The van der Waals surface area contributed by atoms with Gasteiger partial charge in [0.1, 0.15) is 0 Å². The van der Waals surface area contributed by atoms with Crippen molar-refractivity contribution >= 4 is 11.8 Å². The molecule has 1 aromatic rings. The Hall–Kier alpha value is -1.88. The second-order valence-corrected chi connectivity index (χ2v) is 5.49. The normalized spacial score (nSPS) is 12.2. The van der Waals surface area contributed by atoms with Gasteiger partial charge in [-0.3, -0.25) is 9.59 Å². The zero-order valence-electron chi connectivity index (χ0n) is 12.3. The summed E-state index contributed by atoms with van der Waals surface area (Å²) in [7, 11) is 1.73. The first-order chi connectivity index (χ1) is 9.31. The number of primary amides is 1. The molecular formula is C15H23N3O2. The fourth-order valence-corrected chi connectivity index (χ4v) is 2.02. The fourth-order valence-electron chi connectivity index (χ4n) is 2.02. The van der Waals surface area contributed by atoms with E-state index in [1.54, 1.807) is 36.2 Å². The van der Waals surface area contributed by atoms with Gasteiger partial charge in [-0.05, 0) is 30.0 Å². The summed E-state index contributed by atoms with van der Waals surface area (Å²) in [6.07, 6.45) is 0.670. The molecule has 0 radical (unpaired) electrons. The molecule has 20 heavy (non-hydrogen) atoms. The highest BCUT2D eigenvalue weighted by Crippen LogP contribution is 2.09. The summed E-state index contributed by atoms with van der Waals surface area (Å²) in [4.78, 5) is 24.7. The largest absolute Gasteiger partial charge is 0.366 e. The zero-order chi connectivity index (χ0) is 15.3. The van der Waals surface area contributed by atoms with Crippen LogP contribution in [0.1, 0.15) is 36.2 Å². The molecule has 1 rings (SSSR count). The molecule has 1 atom stereocenters. The van der Waals surface area contributed by atoms with Crippen molar-refractivity contribution in [3.8, 4) is 0 Å². The Morgan fingerprint density at radius 3 is 2.20 bits per heavy atom. The predicted octanol–water partition coefficient (Wildman–Crippen LogP) is 1.12. The van der Waals surface area contributed by atoms with E-state index < -0.39 is 11.9 Å². The number of amides is 2. The molecule has 1 aromatic carbocycles. The lowest BCUT2D eigenvalue weighted by Crippen LogP contribution is -2.42. The highest BCUT2D eigenvalue weighted by atomic mass is 16.2. The molecule has 5 heteroatoms. The smallest absolute Gasteiger partial charge is 0.248 e. The molecule has 0 fully saturated rings. The quantitative estimate of drug-likeness (QED) is 0.816. The molecule has 0 heterocycles. The first kappa shape index (κ1) is 16.2. The Kier molecular flexibility index (Phi) is 5.70. The second kappa shape index (κ2) is 7.05. The minimum absolute atomic E-state index is 0.0716. The summed E-state index contributed by atoms with van der Waals surface area (Å²) in [6, 6.07) is 6.42. The molecule has 0 aromatic heterocycles. The minimum atomic E-state index is -0.468. The molecule has 4 N–H and O–H groups in total. The Morgan fingerprint density at radius 2 is 1.75 bits per heavy atom. The molecular weight excluding hydrogens is 254 g/mol. The molecule has 0 aliphatic carbocycles. The van der Waals surface area contributed by atoms with Crippen molar-refractivity contribution in [1.82, 2.24) is 4.90 Å². The van der Waals surface area contributed by atoms with Crippen LogP contribution < -0.4 is 11.5 Å². The Labute approximate surface area is 119 Å². The maximum absolute atomic E-state index is 12.1. The van der Waals surface area contributed by atoms with Gasteiger partial charge in [0.05, 0.1) is 6.04 Å². The highest BCUT2D eigenvalue weighted by Gasteiger charge is 2.19. The van der Waals surface area contributed by atoms with Crippen molar-refractivity contribution in [2.75, 3.05) is 7.05 Å². The van der Waals surface area contributed by atoms with Crippen LogP contribution in [0.2, 0.25) is 0 Å². The van der Waals surface area contributed by atoms with Crippen LogP contribution in [-0.2, 0) is 11.3 Å². The molecule has 0 aliphatic rings. The van der Waals surface area contributed by atoms with E-state index in [1.165, 1.54) is 0 Å². The fraction of sp³-hybridized carbons (Fsp3) is 0.467. The van der Waals surface area contributed by atoms with Crippen molar-refractivity contribution in [2.45, 2.75) is 32.9 Å². The van der Waals surface area contributed by atoms with E-state index in [1.807, 2.05) is 13.8 Å². The van der Waals surface area contributed by atoms with Gasteiger partial charge in [0.25, 0.3) is 0 Å². The summed E-state index contributed by atoms with van der Waals surface area (Å²) in [5, 5.41) is 0. The van der Waals surface area contributed by atoms with E-state index >= 15 is 0 Å². The van der Waals surface area contributed by atoms with Crippen LogP contribution >= 0.6 is 0 Å². The Balaban J connectivity index is 2.63. The van der Waals surface area contributed by atoms with Crippen molar-refractivity contribution in [3.63, 3.8) is 0 Å². The molecule has 2 amide bonds. The Bertz CT molecular complexity index is 469. The molecule has 0 aliphatic heterocycles. The van der Waals surface area contributed by atoms with E-state index in [0.717, 1.165) is 5.56 Å². The molecule has 110 valence electrons. The standard InChI is InChI=1S/C15H23N3O2/c1-10(2)8-13(16)15(20)18(3)9-11-4-6-12(7-5-11)14(17)19/h4-7,10,13H,8-9,16H2,1-3H3,(H2,17,19)/t13-/m0/s1. The number of nitrogens with two attached hydrogens (primary N) is 2. The molecule has 0 unspecified atom stereocenters. The highest BCUT2D eigenvalue weighted by molar-refractivity contribution is 5.92. The maximum atomic E-state index is 12.1. The number of benzene rings is 1. The van der Waals surface area contributed by atoms with E-state index in [0.29, 0.717) is 24.4 Å². The number of likely N-dealkylation sites (N-methyl/N-ethyl adjacent to an activating group) is 1. The lowest BCUT2D eigenvalue weighted by molar-refractivity contribution is -0.132. The summed E-state index contributed by atoms with van der Waals surface area (Å²) >= 11 is 0. The van der Waals surface area contributed by atoms with Crippen molar-refractivity contribution in [3.05, 3.63) is 35.4 Å². The number of rotatable bonds is 6. The van der Waals surface area contributed by atoms with Gasteiger partial charge in [-0.15, -0.1) is 0 Å². The summed E-state index contributed by atoms with van der Waals surface area (Å²) in [5.74, 6) is -0.144. The topological polar surface area (TPSA) is 89.4 Å². The van der Waals surface area contributed by atoms with Gasteiger partial charge in [-0.2, -0.15) is 0 Å². The van der Waals surface area contributed by atoms with Gasteiger partial charge < -0.3 is 16.4 Å². The van der Waals surface area contributed by atoms with E-state index in [4.69, 9.17) is 11.5 Å². The number of carbonyl (C=O) groups excluding carboxylic acids is 2. The number of hydrogen-bond acceptors (Lipinski definition) is 3. The number of carbonyl (C=O) groups is 2. The van der Waals surface area contributed by atoms with Crippen LogP contribution in [0.3, 0.4) is 0 Å². The number of hydrogen-bond donors (Lipinski definition) is 2. The van der Waals surface area contributed by atoms with Crippen molar-refractivity contribution in [1.29, 1.82) is 0 Å². The summed E-state index contributed by atoms with van der Waals surface area (Å²) < 4.78 is 0. The van der Waals surface area contributed by atoms with Gasteiger partial charge >= 0.3 is 0 Å². The lowest BCUT2D eigenvalue weighted by atomic mass is 10.0. The summed E-state index contributed by atoms with van der Waals surface area (Å²) in [5.41, 5.74) is 12.5. The third-order valence-electron chi connectivity index (χ3n) is 3.08. The van der Waals surface area contributed by atoms with Gasteiger partial charge in [-0.25, -0.2) is 0 Å². The summed E-state index contributed by atoms with van der Waals surface area (Å²) in [6.45, 7) is 4.54. The van der Waals surface area contributed by atoms with Gasteiger partial charge in [-0.1, -0.05) is 26.0 Å². The first-order valence-electron chi connectivity index (χ1n) is 6.70. The molecule has 0 saturated carbocycles. The third kappa shape index (κ3) is 4.66. The van der Waals surface area contributed by atoms with Crippen molar-refractivity contribution < 1.29 is 9.59 Å². The van der Waals surface area contributed by atoms with Crippen molar-refractivity contribution in [2.24, 2.45) is 17.4 Å². The average Bonchev–Trinajstić information content (AvgIpc) is 2.37. The molecule has 0 spiro atoms. The first-order valence-corrected chi connectivity index (χ1v) is 6.70. The Morgan fingerprint density at radius 1 is 1.20 bits per heavy atom. The lowest BCUT2D eigenvalue weighted by Gasteiger charge is -2.22. The van der Waals surface area contributed by atoms with Crippen LogP contribution in [0.15, 0.2) is 24.3 Å². The average molecular weight is 277 g/mol. The predicted molar refractivity (Wildman–Crippen MR) is 78.9 cm³/mol. The third-order valence-corrected chi connectivity index (χ3v) is 3.08. The van der Waals surface area contributed by atoms with E-state index in [2.05, 4.69) is 0 Å². The molecule has 0 bridgehead atoms. The molecule has 0 saturated heterocycles. The van der Waals surface area contributed by atoms with Gasteiger partial charge in [0, 0.05) is 19.2 Å². The minimum Gasteiger partial charge on any atom is -0.366 e. The van der Waals surface area contributed by atoms with Crippen LogP contribution in [0.4, 0.5) is 0 Å².